The minimum Gasteiger partial charge on any atom is -0.496 e. The van der Waals surface area contributed by atoms with Gasteiger partial charge >= 0.3 is 0 Å². The van der Waals surface area contributed by atoms with Crippen molar-refractivity contribution < 1.29 is 9.47 Å². The molecule has 0 unspecified atom stereocenters. The molecule has 0 aliphatic rings. The van der Waals surface area contributed by atoms with Crippen LogP contribution in [0.4, 0.5) is 0 Å². The van der Waals surface area contributed by atoms with Gasteiger partial charge in [0, 0.05) is 26.7 Å². The molecule has 0 fully saturated rings. The van der Waals surface area contributed by atoms with Gasteiger partial charge in [-0.25, -0.2) is 0 Å². The highest BCUT2D eigenvalue weighted by Crippen LogP contribution is 2.19. The van der Waals surface area contributed by atoms with Crippen LogP contribution < -0.4 is 20.1 Å². The third-order valence-electron chi connectivity index (χ3n) is 4.75. The molecule has 0 bridgehead atoms. The van der Waals surface area contributed by atoms with E-state index in [2.05, 4.69) is 65.8 Å². The molecule has 2 rings (SSSR count). The summed E-state index contributed by atoms with van der Waals surface area (Å²) >= 11 is 0. The van der Waals surface area contributed by atoms with E-state index in [9.17, 15) is 0 Å². The number of rotatable bonds is 11. The molecule has 0 aliphatic carbocycles. The van der Waals surface area contributed by atoms with Crippen molar-refractivity contribution in [2.75, 3.05) is 47.9 Å². The molecule has 0 aliphatic heterocycles. The van der Waals surface area contributed by atoms with Gasteiger partial charge in [-0.2, -0.15) is 0 Å². The Hall–Kier alpha value is -2.00. The van der Waals surface area contributed by atoms with Crippen molar-refractivity contribution in [1.29, 1.82) is 0 Å². The predicted molar refractivity (Wildman–Crippen MR) is 140 cm³/mol. The van der Waals surface area contributed by atoms with E-state index in [-0.39, 0.29) is 24.0 Å². The summed E-state index contributed by atoms with van der Waals surface area (Å²) in [5.41, 5.74) is 3.61. The third kappa shape index (κ3) is 10.2. The fourth-order valence-corrected chi connectivity index (χ4v) is 3.10. The quantitative estimate of drug-likeness (QED) is 0.196. The highest BCUT2D eigenvalue weighted by molar-refractivity contribution is 14.0. The zero-order valence-corrected chi connectivity index (χ0v) is 21.7. The van der Waals surface area contributed by atoms with Crippen molar-refractivity contribution in [2.24, 2.45) is 4.99 Å². The molecule has 0 amide bonds. The molecule has 2 N–H and O–H groups in total. The number of hydrogen-bond acceptors (Lipinski definition) is 4. The summed E-state index contributed by atoms with van der Waals surface area (Å²) in [6.07, 6.45) is 1.89. The average molecular weight is 540 g/mol. The van der Waals surface area contributed by atoms with Gasteiger partial charge in [0.2, 0.25) is 0 Å². The monoisotopic (exact) mass is 540 g/mol. The summed E-state index contributed by atoms with van der Waals surface area (Å²) in [6, 6.07) is 14.5. The highest BCUT2D eigenvalue weighted by Gasteiger charge is 2.04. The smallest absolute Gasteiger partial charge is 0.191 e. The standard InChI is InChI=1S/C24H36N4O2.HI/c1-19-7-12-23(29-5)21(17-19)13-14-26-24(25-2)27-18-20-8-10-22(11-9-20)30-16-6-15-28(3)4;/h7-12,17H,6,13-16,18H2,1-5H3,(H2,25,26,27);1H. The Morgan fingerprint density at radius 2 is 1.81 bits per heavy atom. The van der Waals surface area contributed by atoms with Gasteiger partial charge in [0.1, 0.15) is 11.5 Å². The highest BCUT2D eigenvalue weighted by atomic mass is 127. The number of methoxy groups -OCH3 is 1. The van der Waals surface area contributed by atoms with Gasteiger partial charge in [-0.1, -0.05) is 29.8 Å². The molecule has 0 radical (unpaired) electrons. The number of aryl methyl sites for hydroxylation is 1. The first-order valence-electron chi connectivity index (χ1n) is 10.5. The number of hydrogen-bond donors (Lipinski definition) is 2. The molecule has 0 aromatic heterocycles. The van der Waals surface area contributed by atoms with Crippen LogP contribution in [0, 0.1) is 6.92 Å². The van der Waals surface area contributed by atoms with Gasteiger partial charge in [-0.15, -0.1) is 24.0 Å². The number of benzene rings is 2. The van der Waals surface area contributed by atoms with Crippen molar-refractivity contribution >= 4 is 29.9 Å². The maximum Gasteiger partial charge on any atom is 0.191 e. The Labute approximate surface area is 204 Å². The molecular weight excluding hydrogens is 503 g/mol. The molecule has 7 heteroatoms. The summed E-state index contributed by atoms with van der Waals surface area (Å²) in [7, 11) is 7.64. The van der Waals surface area contributed by atoms with Crippen LogP contribution in [0.3, 0.4) is 0 Å². The largest absolute Gasteiger partial charge is 0.496 e. The Balaban J connectivity index is 0.00000480. The second kappa shape index (κ2) is 14.9. The number of guanidine groups is 1. The van der Waals surface area contributed by atoms with E-state index in [1.807, 2.05) is 18.2 Å². The van der Waals surface area contributed by atoms with Crippen LogP contribution in [-0.2, 0) is 13.0 Å². The summed E-state index contributed by atoms with van der Waals surface area (Å²) < 4.78 is 11.2. The topological polar surface area (TPSA) is 58.1 Å². The van der Waals surface area contributed by atoms with E-state index in [1.165, 1.54) is 16.7 Å². The molecule has 172 valence electrons. The van der Waals surface area contributed by atoms with Gasteiger partial charge in [0.15, 0.2) is 5.96 Å². The number of ether oxygens (including phenoxy) is 2. The third-order valence-corrected chi connectivity index (χ3v) is 4.75. The molecule has 31 heavy (non-hydrogen) atoms. The molecule has 2 aromatic carbocycles. The SMILES string of the molecule is CN=C(NCCc1cc(C)ccc1OC)NCc1ccc(OCCCN(C)C)cc1.I. The molecule has 0 saturated carbocycles. The van der Waals surface area contributed by atoms with Gasteiger partial charge in [-0.05, 0) is 63.2 Å². The normalized spacial score (nSPS) is 11.1. The lowest BCUT2D eigenvalue weighted by atomic mass is 10.1. The summed E-state index contributed by atoms with van der Waals surface area (Å²) in [4.78, 5) is 6.47. The van der Waals surface area contributed by atoms with E-state index >= 15 is 0 Å². The minimum absolute atomic E-state index is 0. The first kappa shape index (κ1) is 27.0. The average Bonchev–Trinajstić information content (AvgIpc) is 2.74. The van der Waals surface area contributed by atoms with E-state index in [4.69, 9.17) is 9.47 Å². The number of aliphatic imine (C=N–C) groups is 1. The first-order chi connectivity index (χ1) is 14.5. The van der Waals surface area contributed by atoms with E-state index in [1.54, 1.807) is 14.2 Å². The Morgan fingerprint density at radius 1 is 1.06 bits per heavy atom. The van der Waals surface area contributed by atoms with Crippen molar-refractivity contribution in [2.45, 2.75) is 26.3 Å². The molecule has 0 spiro atoms. The maximum atomic E-state index is 5.79. The summed E-state index contributed by atoms with van der Waals surface area (Å²) in [5, 5.41) is 6.73. The van der Waals surface area contributed by atoms with Gasteiger partial charge in [-0.3, -0.25) is 4.99 Å². The van der Waals surface area contributed by atoms with Crippen molar-refractivity contribution in [3.05, 3.63) is 59.2 Å². The maximum absolute atomic E-state index is 5.79. The first-order valence-corrected chi connectivity index (χ1v) is 10.5. The van der Waals surface area contributed by atoms with Crippen LogP contribution in [0.5, 0.6) is 11.5 Å². The predicted octanol–water partition coefficient (Wildman–Crippen LogP) is 3.86. The van der Waals surface area contributed by atoms with E-state index < -0.39 is 0 Å². The van der Waals surface area contributed by atoms with Crippen LogP contribution in [0.2, 0.25) is 0 Å². The van der Waals surface area contributed by atoms with Gasteiger partial charge < -0.3 is 25.0 Å². The number of nitrogens with one attached hydrogen (secondary N) is 2. The van der Waals surface area contributed by atoms with Crippen LogP contribution in [-0.4, -0.2) is 58.8 Å². The lowest BCUT2D eigenvalue weighted by Crippen LogP contribution is -2.37. The van der Waals surface area contributed by atoms with Crippen LogP contribution in [0.1, 0.15) is 23.1 Å². The van der Waals surface area contributed by atoms with Crippen LogP contribution in [0.15, 0.2) is 47.5 Å². The fraction of sp³-hybridized carbons (Fsp3) is 0.458. The van der Waals surface area contributed by atoms with Crippen LogP contribution >= 0.6 is 24.0 Å². The second-order valence-corrected chi connectivity index (χ2v) is 7.57. The fourth-order valence-electron chi connectivity index (χ4n) is 3.10. The van der Waals surface area contributed by atoms with Crippen LogP contribution in [0.25, 0.3) is 0 Å². The summed E-state index contributed by atoms with van der Waals surface area (Å²) in [6.45, 7) is 5.34. The molecule has 6 nitrogen and oxygen atoms in total. The minimum atomic E-state index is 0. The zero-order chi connectivity index (χ0) is 21.8. The van der Waals surface area contributed by atoms with Crippen molar-refractivity contribution in [3.8, 4) is 11.5 Å². The summed E-state index contributed by atoms with van der Waals surface area (Å²) in [5.74, 6) is 2.62. The molecule has 0 heterocycles. The Bertz CT molecular complexity index is 795. The molecule has 0 atom stereocenters. The zero-order valence-electron chi connectivity index (χ0n) is 19.4. The Morgan fingerprint density at radius 3 is 2.45 bits per heavy atom. The second-order valence-electron chi connectivity index (χ2n) is 7.57. The lowest BCUT2D eigenvalue weighted by Gasteiger charge is -2.14. The van der Waals surface area contributed by atoms with Crippen molar-refractivity contribution in [1.82, 2.24) is 15.5 Å². The molecule has 2 aromatic rings. The number of halogens is 1. The molecular formula is C24H37IN4O2. The lowest BCUT2D eigenvalue weighted by molar-refractivity contribution is 0.281. The van der Waals surface area contributed by atoms with E-state index in [0.29, 0.717) is 6.54 Å². The van der Waals surface area contributed by atoms with Crippen molar-refractivity contribution in [3.63, 3.8) is 0 Å². The van der Waals surface area contributed by atoms with Gasteiger partial charge in [0.25, 0.3) is 0 Å². The Kier molecular flexibility index (Phi) is 13.0. The van der Waals surface area contributed by atoms with Gasteiger partial charge in [0.05, 0.1) is 13.7 Å². The van der Waals surface area contributed by atoms with E-state index in [0.717, 1.165) is 50.0 Å². The number of nitrogens with zero attached hydrogens (tertiary/aromatic N) is 2. The molecule has 0 saturated heterocycles.